The molecule has 1 unspecified atom stereocenters. The van der Waals surface area contributed by atoms with Crippen LogP contribution < -0.4 is 15.8 Å². The predicted octanol–water partition coefficient (Wildman–Crippen LogP) is 12.8. The Bertz CT molecular complexity index is 2540. The number of hydrogen-bond donors (Lipinski definition) is 0. The standard InChI is InChI=1S/C52H57BN2/c1-49(2,3)33-18-22-37(23-19-33)54-44-27-21-35(51(7,8)9)30-42(44)53-47-40(29-36(31-45(47)54)52(10,11)12)39-25-24-38(32-16-14-13-15-17-32)46-41-28-34(50(4,5)6)20-26-43(41)55(53)48(39)46/h13-27,29-31,34H,28H2,1-12H3. The van der Waals surface area contributed by atoms with Crippen LogP contribution in [0.1, 0.15) is 111 Å². The number of aromatic nitrogens is 1. The minimum absolute atomic E-state index is 0.00569. The van der Waals surface area contributed by atoms with Crippen molar-refractivity contribution in [2.45, 2.75) is 106 Å². The van der Waals surface area contributed by atoms with Crippen molar-refractivity contribution in [2.24, 2.45) is 11.3 Å². The summed E-state index contributed by atoms with van der Waals surface area (Å²) in [7, 11) is 0. The van der Waals surface area contributed by atoms with E-state index in [-0.39, 0.29) is 28.5 Å². The molecule has 0 saturated carbocycles. The van der Waals surface area contributed by atoms with Crippen molar-refractivity contribution >= 4 is 51.8 Å². The molecule has 2 nitrogen and oxygen atoms in total. The molecule has 0 saturated heterocycles. The van der Waals surface area contributed by atoms with Crippen LogP contribution in [0.5, 0.6) is 0 Å². The summed E-state index contributed by atoms with van der Waals surface area (Å²) in [6, 6.07) is 37.8. The molecule has 3 aliphatic rings. The van der Waals surface area contributed by atoms with Gasteiger partial charge in [0.15, 0.2) is 0 Å². The molecule has 5 aromatic carbocycles. The van der Waals surface area contributed by atoms with E-state index in [0.29, 0.717) is 5.92 Å². The maximum Gasteiger partial charge on any atom is 0.333 e. The van der Waals surface area contributed by atoms with Crippen molar-refractivity contribution in [2.75, 3.05) is 4.90 Å². The van der Waals surface area contributed by atoms with Gasteiger partial charge in [-0.3, -0.25) is 0 Å². The summed E-state index contributed by atoms with van der Waals surface area (Å²) < 4.78 is 2.77. The third-order valence-electron chi connectivity index (χ3n) is 12.9. The number of hydrogen-bond acceptors (Lipinski definition) is 1. The molecule has 0 bridgehead atoms. The molecule has 0 N–H and O–H groups in total. The summed E-state index contributed by atoms with van der Waals surface area (Å²) in [6.45, 7) is 28.3. The Balaban J connectivity index is 1.43. The third kappa shape index (κ3) is 5.59. The molecular formula is C52H57BN2. The van der Waals surface area contributed by atoms with Crippen LogP contribution in [-0.4, -0.2) is 11.3 Å². The van der Waals surface area contributed by atoms with E-state index in [2.05, 4.69) is 202 Å². The van der Waals surface area contributed by atoms with Gasteiger partial charge in [0.25, 0.3) is 0 Å². The summed E-state index contributed by atoms with van der Waals surface area (Å²) >= 11 is 0. The predicted molar refractivity (Wildman–Crippen MR) is 240 cm³/mol. The van der Waals surface area contributed by atoms with Gasteiger partial charge in [-0.05, 0) is 114 Å². The first-order valence-electron chi connectivity index (χ1n) is 20.5. The Kier molecular flexibility index (Phi) is 7.75. The molecule has 55 heavy (non-hydrogen) atoms. The topological polar surface area (TPSA) is 8.17 Å². The Morgan fingerprint density at radius 3 is 1.85 bits per heavy atom. The Morgan fingerprint density at radius 2 is 1.22 bits per heavy atom. The van der Waals surface area contributed by atoms with E-state index in [9.17, 15) is 0 Å². The summed E-state index contributed by atoms with van der Waals surface area (Å²) in [6.07, 6.45) is 6.04. The van der Waals surface area contributed by atoms with E-state index < -0.39 is 0 Å². The molecule has 278 valence electrons. The number of fused-ring (bicyclic) bond motifs is 7. The van der Waals surface area contributed by atoms with Crippen molar-refractivity contribution in [1.29, 1.82) is 0 Å². The van der Waals surface area contributed by atoms with Crippen LogP contribution in [-0.2, 0) is 22.7 Å². The van der Waals surface area contributed by atoms with E-state index in [1.807, 2.05) is 0 Å². The Hall–Kier alpha value is -4.76. The zero-order valence-corrected chi connectivity index (χ0v) is 35.1. The summed E-state index contributed by atoms with van der Waals surface area (Å²) in [4.78, 5) is 2.58. The van der Waals surface area contributed by atoms with Crippen molar-refractivity contribution in [3.05, 3.63) is 131 Å². The second-order valence-corrected chi connectivity index (χ2v) is 20.8. The zero-order chi connectivity index (χ0) is 39.0. The highest BCUT2D eigenvalue weighted by atomic mass is 15.2. The molecule has 0 radical (unpaired) electrons. The van der Waals surface area contributed by atoms with Crippen LogP contribution in [0.2, 0.25) is 0 Å². The van der Waals surface area contributed by atoms with Crippen molar-refractivity contribution in [1.82, 2.24) is 4.48 Å². The van der Waals surface area contributed by atoms with Gasteiger partial charge in [-0.25, -0.2) is 0 Å². The van der Waals surface area contributed by atoms with Crippen LogP contribution >= 0.6 is 0 Å². The van der Waals surface area contributed by atoms with Crippen molar-refractivity contribution < 1.29 is 0 Å². The second-order valence-electron chi connectivity index (χ2n) is 20.8. The smallest absolute Gasteiger partial charge is 0.333 e. The highest BCUT2D eigenvalue weighted by Crippen LogP contribution is 2.50. The molecule has 2 aliphatic heterocycles. The van der Waals surface area contributed by atoms with E-state index in [0.717, 1.165) is 6.42 Å². The molecule has 0 amide bonds. The lowest BCUT2D eigenvalue weighted by atomic mass is 9.44. The monoisotopic (exact) mass is 720 g/mol. The van der Waals surface area contributed by atoms with Gasteiger partial charge in [0.2, 0.25) is 0 Å². The quantitative estimate of drug-likeness (QED) is 0.161. The van der Waals surface area contributed by atoms with Gasteiger partial charge >= 0.3 is 6.85 Å². The minimum atomic E-state index is -0.0381. The summed E-state index contributed by atoms with van der Waals surface area (Å²) in [5.41, 5.74) is 20.5. The zero-order valence-electron chi connectivity index (χ0n) is 35.1. The fourth-order valence-electron chi connectivity index (χ4n) is 9.51. The highest BCUT2D eigenvalue weighted by molar-refractivity contribution is 6.89. The molecule has 1 aromatic heterocycles. The molecule has 3 heterocycles. The van der Waals surface area contributed by atoms with E-state index >= 15 is 0 Å². The first-order chi connectivity index (χ1) is 25.8. The molecule has 1 atom stereocenters. The van der Waals surface area contributed by atoms with Gasteiger partial charge in [-0.1, -0.05) is 162 Å². The molecule has 1 aliphatic carbocycles. The first-order valence-corrected chi connectivity index (χ1v) is 20.5. The highest BCUT2D eigenvalue weighted by Gasteiger charge is 2.45. The van der Waals surface area contributed by atoms with Crippen LogP contribution in [0.15, 0.2) is 103 Å². The van der Waals surface area contributed by atoms with Crippen LogP contribution in [0.25, 0.3) is 39.2 Å². The van der Waals surface area contributed by atoms with Gasteiger partial charge in [-0.15, -0.1) is 0 Å². The van der Waals surface area contributed by atoms with Crippen LogP contribution in [0, 0.1) is 11.3 Å². The SMILES string of the molecule is CC(C)(C)c1ccc(N2c3ccc(C(C)(C)C)cc3B3c4c(cc(C(C)(C)C)cc42)-c2ccc(-c4ccccc4)c4c5c(n3c24)C=CC(C(C)(C)C)C5)cc1. The molecule has 9 rings (SSSR count). The van der Waals surface area contributed by atoms with E-state index in [1.165, 1.54) is 89.1 Å². The number of benzene rings is 5. The number of rotatable bonds is 2. The maximum atomic E-state index is 2.77. The summed E-state index contributed by atoms with van der Waals surface area (Å²) in [5, 5.41) is 1.43. The summed E-state index contributed by atoms with van der Waals surface area (Å²) in [5.74, 6) is 0.454. The lowest BCUT2D eigenvalue weighted by Crippen LogP contribution is -2.57. The Morgan fingerprint density at radius 1 is 0.582 bits per heavy atom. The third-order valence-corrected chi connectivity index (χ3v) is 12.9. The van der Waals surface area contributed by atoms with E-state index in [1.54, 1.807) is 0 Å². The van der Waals surface area contributed by atoms with Gasteiger partial charge in [-0.2, -0.15) is 0 Å². The Labute approximate surface area is 330 Å². The van der Waals surface area contributed by atoms with Gasteiger partial charge in [0, 0.05) is 39.2 Å². The van der Waals surface area contributed by atoms with Gasteiger partial charge in [0.1, 0.15) is 0 Å². The number of anilines is 3. The normalized spacial score (nSPS) is 16.3. The van der Waals surface area contributed by atoms with Crippen molar-refractivity contribution in [3.8, 4) is 22.3 Å². The lowest BCUT2D eigenvalue weighted by molar-refractivity contribution is 0.291. The fourth-order valence-corrected chi connectivity index (χ4v) is 9.51. The van der Waals surface area contributed by atoms with Gasteiger partial charge < -0.3 is 9.38 Å². The van der Waals surface area contributed by atoms with E-state index in [4.69, 9.17) is 0 Å². The van der Waals surface area contributed by atoms with Crippen molar-refractivity contribution in [3.63, 3.8) is 0 Å². The minimum Gasteiger partial charge on any atom is -0.376 e. The maximum absolute atomic E-state index is 2.77. The molecule has 6 aromatic rings. The average Bonchev–Trinajstić information content (AvgIpc) is 3.46. The molecule has 0 spiro atoms. The number of nitrogens with zero attached hydrogens (tertiary/aromatic N) is 2. The second kappa shape index (κ2) is 11.9. The largest absolute Gasteiger partial charge is 0.376 e. The molecule has 3 heteroatoms. The van der Waals surface area contributed by atoms with Gasteiger partial charge in [0.05, 0.1) is 0 Å². The molecular weight excluding hydrogens is 663 g/mol. The lowest BCUT2D eigenvalue weighted by Gasteiger charge is -2.42. The first kappa shape index (κ1) is 35.9. The number of allylic oxidation sites excluding steroid dienone is 1. The molecule has 0 fully saturated rings. The fraction of sp³-hybridized carbons (Fsp3) is 0.346. The van der Waals surface area contributed by atoms with Crippen LogP contribution in [0.4, 0.5) is 17.1 Å². The van der Waals surface area contributed by atoms with Crippen LogP contribution in [0.3, 0.4) is 0 Å². The average molecular weight is 721 g/mol.